The normalized spacial score (nSPS) is 13.8. The molecule has 0 aliphatic carbocycles. The predicted octanol–water partition coefficient (Wildman–Crippen LogP) is 3.09. The Morgan fingerprint density at radius 2 is 2.04 bits per heavy atom. The minimum atomic E-state index is -0.412. The summed E-state index contributed by atoms with van der Waals surface area (Å²) in [7, 11) is 1.52. The van der Waals surface area contributed by atoms with Crippen LogP contribution in [0.15, 0.2) is 36.4 Å². The summed E-state index contributed by atoms with van der Waals surface area (Å²) < 4.78 is 5.38. The van der Waals surface area contributed by atoms with E-state index in [9.17, 15) is 14.7 Å². The Labute approximate surface area is 146 Å². The lowest BCUT2D eigenvalue weighted by molar-refractivity contribution is -0.117. The van der Waals surface area contributed by atoms with E-state index in [0.29, 0.717) is 30.1 Å². The highest BCUT2D eigenvalue weighted by Crippen LogP contribution is 2.34. The molecule has 1 aliphatic heterocycles. The summed E-state index contributed by atoms with van der Waals surface area (Å²) in [4.78, 5) is 26.0. The van der Waals surface area contributed by atoms with Crippen LogP contribution in [-0.2, 0) is 4.79 Å². The average Bonchev–Trinajstić information content (AvgIpc) is 3.00. The molecular formula is C19H20N2O4. The van der Waals surface area contributed by atoms with Crippen molar-refractivity contribution in [2.75, 3.05) is 23.9 Å². The van der Waals surface area contributed by atoms with Gasteiger partial charge in [-0.25, -0.2) is 0 Å². The molecule has 0 aromatic heterocycles. The highest BCUT2D eigenvalue weighted by atomic mass is 16.5. The molecule has 130 valence electrons. The second-order valence-corrected chi connectivity index (χ2v) is 6.01. The van der Waals surface area contributed by atoms with E-state index < -0.39 is 5.91 Å². The molecule has 6 nitrogen and oxygen atoms in total. The molecule has 6 heteroatoms. The molecule has 0 unspecified atom stereocenters. The lowest BCUT2D eigenvalue weighted by Gasteiger charge is -2.19. The number of nitrogens with zero attached hydrogens (tertiary/aromatic N) is 1. The minimum absolute atomic E-state index is 0.0660. The maximum atomic E-state index is 12.4. The third-order valence-corrected chi connectivity index (χ3v) is 4.20. The fourth-order valence-corrected chi connectivity index (χ4v) is 2.91. The Hall–Kier alpha value is -3.02. The summed E-state index contributed by atoms with van der Waals surface area (Å²) in [6.45, 7) is 2.50. The molecule has 0 saturated carbocycles. The monoisotopic (exact) mass is 340 g/mol. The molecule has 0 atom stereocenters. The maximum Gasteiger partial charge on any atom is 0.259 e. The standard InChI is InChI=1S/C19H20N2O4/c1-12-5-7-14(16(22)10-12)19(24)20-13-6-8-15(17(11-13)25-2)21-9-3-4-18(21)23/h5-8,10-11,22H,3-4,9H2,1-2H3,(H,20,24). The van der Waals surface area contributed by atoms with E-state index in [4.69, 9.17) is 4.74 Å². The molecule has 25 heavy (non-hydrogen) atoms. The molecule has 0 spiro atoms. The first kappa shape index (κ1) is 16.8. The van der Waals surface area contributed by atoms with Gasteiger partial charge in [-0.3, -0.25) is 9.59 Å². The topological polar surface area (TPSA) is 78.9 Å². The van der Waals surface area contributed by atoms with Crippen molar-refractivity contribution in [2.24, 2.45) is 0 Å². The number of amides is 2. The molecule has 2 N–H and O–H groups in total. The quantitative estimate of drug-likeness (QED) is 0.896. The van der Waals surface area contributed by atoms with Gasteiger partial charge < -0.3 is 20.1 Å². The van der Waals surface area contributed by atoms with Crippen LogP contribution in [0.25, 0.3) is 0 Å². The summed E-state index contributed by atoms with van der Waals surface area (Å²) in [6.07, 6.45) is 1.36. The first-order valence-corrected chi connectivity index (χ1v) is 8.09. The zero-order valence-corrected chi connectivity index (χ0v) is 14.2. The zero-order chi connectivity index (χ0) is 18.0. The van der Waals surface area contributed by atoms with Gasteiger partial charge in [0.25, 0.3) is 5.91 Å². The van der Waals surface area contributed by atoms with Gasteiger partial charge in [-0.05, 0) is 43.2 Å². The maximum absolute atomic E-state index is 12.4. The van der Waals surface area contributed by atoms with Crippen LogP contribution in [0, 0.1) is 6.92 Å². The Morgan fingerprint density at radius 3 is 2.68 bits per heavy atom. The van der Waals surface area contributed by atoms with Gasteiger partial charge in [-0.2, -0.15) is 0 Å². The lowest BCUT2D eigenvalue weighted by atomic mass is 10.1. The largest absolute Gasteiger partial charge is 0.507 e. The number of ether oxygens (including phenoxy) is 1. The van der Waals surface area contributed by atoms with Gasteiger partial charge in [0.1, 0.15) is 11.5 Å². The van der Waals surface area contributed by atoms with E-state index in [1.165, 1.54) is 13.2 Å². The van der Waals surface area contributed by atoms with Crippen LogP contribution < -0.4 is 15.0 Å². The van der Waals surface area contributed by atoms with Crippen LogP contribution in [0.2, 0.25) is 0 Å². The number of benzene rings is 2. The first-order valence-electron chi connectivity index (χ1n) is 8.09. The van der Waals surface area contributed by atoms with E-state index in [-0.39, 0.29) is 17.2 Å². The van der Waals surface area contributed by atoms with Gasteiger partial charge in [0.2, 0.25) is 5.91 Å². The Morgan fingerprint density at radius 1 is 1.24 bits per heavy atom. The third-order valence-electron chi connectivity index (χ3n) is 4.20. The Kier molecular flexibility index (Phi) is 4.61. The molecule has 2 amide bonds. The van der Waals surface area contributed by atoms with Gasteiger partial charge in [-0.1, -0.05) is 6.07 Å². The van der Waals surface area contributed by atoms with E-state index >= 15 is 0 Å². The number of nitrogens with one attached hydrogen (secondary N) is 1. The highest BCUT2D eigenvalue weighted by Gasteiger charge is 2.24. The molecule has 1 heterocycles. The average molecular weight is 340 g/mol. The third kappa shape index (κ3) is 3.42. The van der Waals surface area contributed by atoms with Crippen molar-refractivity contribution < 1.29 is 19.4 Å². The van der Waals surface area contributed by atoms with Gasteiger partial charge in [0.15, 0.2) is 0 Å². The number of carbonyl (C=O) groups is 2. The minimum Gasteiger partial charge on any atom is -0.507 e. The SMILES string of the molecule is COc1cc(NC(=O)c2ccc(C)cc2O)ccc1N1CCCC1=O. The van der Waals surface area contributed by atoms with Gasteiger partial charge >= 0.3 is 0 Å². The number of rotatable bonds is 4. The molecule has 3 rings (SSSR count). The predicted molar refractivity (Wildman–Crippen MR) is 95.4 cm³/mol. The summed E-state index contributed by atoms with van der Waals surface area (Å²) in [5.41, 5.74) is 2.29. The first-order chi connectivity index (χ1) is 12.0. The molecule has 2 aromatic rings. The second-order valence-electron chi connectivity index (χ2n) is 6.01. The lowest BCUT2D eigenvalue weighted by Crippen LogP contribution is -2.24. The number of methoxy groups -OCH3 is 1. The van der Waals surface area contributed by atoms with Crippen molar-refractivity contribution >= 4 is 23.2 Å². The number of phenols is 1. The van der Waals surface area contributed by atoms with Crippen molar-refractivity contribution in [3.8, 4) is 11.5 Å². The Balaban J connectivity index is 1.83. The number of phenolic OH excluding ortho intramolecular Hbond substituents is 1. The zero-order valence-electron chi connectivity index (χ0n) is 14.2. The summed E-state index contributed by atoms with van der Waals surface area (Å²) in [6, 6.07) is 10.0. The Bertz CT molecular complexity index is 832. The molecule has 0 bridgehead atoms. The van der Waals surface area contributed by atoms with Crippen LogP contribution in [0.4, 0.5) is 11.4 Å². The summed E-state index contributed by atoms with van der Waals surface area (Å²) in [5, 5.41) is 12.7. The molecule has 2 aromatic carbocycles. The van der Waals surface area contributed by atoms with E-state index in [1.54, 1.807) is 35.2 Å². The van der Waals surface area contributed by atoms with Crippen molar-refractivity contribution in [1.29, 1.82) is 0 Å². The van der Waals surface area contributed by atoms with E-state index in [0.717, 1.165) is 12.0 Å². The summed E-state index contributed by atoms with van der Waals surface area (Å²) >= 11 is 0. The molecule has 1 saturated heterocycles. The molecular weight excluding hydrogens is 320 g/mol. The summed E-state index contributed by atoms with van der Waals surface area (Å²) in [5.74, 6) is 0.106. The second kappa shape index (κ2) is 6.84. The fraction of sp³-hybridized carbons (Fsp3) is 0.263. The number of anilines is 2. The van der Waals surface area contributed by atoms with Crippen LogP contribution in [0.1, 0.15) is 28.8 Å². The van der Waals surface area contributed by atoms with Gasteiger partial charge in [-0.15, -0.1) is 0 Å². The van der Waals surface area contributed by atoms with Crippen molar-refractivity contribution in [3.63, 3.8) is 0 Å². The van der Waals surface area contributed by atoms with Crippen molar-refractivity contribution in [1.82, 2.24) is 0 Å². The number of hydrogen-bond donors (Lipinski definition) is 2. The van der Waals surface area contributed by atoms with Crippen LogP contribution in [0.5, 0.6) is 11.5 Å². The highest BCUT2D eigenvalue weighted by molar-refractivity contribution is 6.06. The smallest absolute Gasteiger partial charge is 0.259 e. The van der Waals surface area contributed by atoms with Crippen LogP contribution in [0.3, 0.4) is 0 Å². The molecule has 1 aliphatic rings. The van der Waals surface area contributed by atoms with E-state index in [2.05, 4.69) is 5.32 Å². The van der Waals surface area contributed by atoms with Crippen molar-refractivity contribution in [2.45, 2.75) is 19.8 Å². The van der Waals surface area contributed by atoms with Gasteiger partial charge in [0, 0.05) is 24.7 Å². The number of aryl methyl sites for hydroxylation is 1. The van der Waals surface area contributed by atoms with E-state index in [1.807, 2.05) is 6.92 Å². The van der Waals surface area contributed by atoms with Crippen LogP contribution in [-0.4, -0.2) is 30.6 Å². The number of carbonyl (C=O) groups excluding carboxylic acids is 2. The van der Waals surface area contributed by atoms with Crippen molar-refractivity contribution in [3.05, 3.63) is 47.5 Å². The number of hydrogen-bond acceptors (Lipinski definition) is 4. The van der Waals surface area contributed by atoms with Crippen LogP contribution >= 0.6 is 0 Å². The molecule has 1 fully saturated rings. The van der Waals surface area contributed by atoms with Gasteiger partial charge in [0.05, 0.1) is 18.4 Å². The fourth-order valence-electron chi connectivity index (χ4n) is 2.91. The number of aromatic hydroxyl groups is 1. The molecule has 0 radical (unpaired) electrons.